The van der Waals surface area contributed by atoms with Crippen LogP contribution < -0.4 is 0 Å². The highest BCUT2D eigenvalue weighted by molar-refractivity contribution is 6.46. The molecule has 0 saturated carbocycles. The van der Waals surface area contributed by atoms with Gasteiger partial charge in [-0.3, -0.25) is 9.59 Å². The Labute approximate surface area is 173 Å². The van der Waals surface area contributed by atoms with Gasteiger partial charge in [-0.15, -0.1) is 0 Å². The molecule has 1 aliphatic heterocycles. The summed E-state index contributed by atoms with van der Waals surface area (Å²) in [7, 11) is 0. The van der Waals surface area contributed by atoms with Crippen molar-refractivity contribution < 1.29 is 24.2 Å². The zero-order valence-electron chi connectivity index (χ0n) is 16.4. The molecule has 2 heterocycles. The van der Waals surface area contributed by atoms with Crippen LogP contribution in [0.1, 0.15) is 35.4 Å². The van der Waals surface area contributed by atoms with Gasteiger partial charge in [0.05, 0.1) is 24.4 Å². The SMILES string of the molecule is CCc1ccc(/C(O)=C2/C(=O)C(=O)N(Cc3ccco3)C2c2ccc(O)cc2)cc1. The van der Waals surface area contributed by atoms with E-state index in [0.717, 1.165) is 12.0 Å². The van der Waals surface area contributed by atoms with E-state index in [9.17, 15) is 19.8 Å². The predicted octanol–water partition coefficient (Wildman–Crippen LogP) is 4.17. The van der Waals surface area contributed by atoms with Gasteiger partial charge in [-0.2, -0.15) is 0 Å². The molecule has 0 bridgehead atoms. The summed E-state index contributed by atoms with van der Waals surface area (Å²) in [4.78, 5) is 27.2. The van der Waals surface area contributed by atoms with E-state index in [4.69, 9.17) is 4.42 Å². The zero-order chi connectivity index (χ0) is 21.3. The molecule has 152 valence electrons. The Bertz CT molecular complexity index is 1100. The number of likely N-dealkylation sites (tertiary alicyclic amines) is 1. The van der Waals surface area contributed by atoms with Gasteiger partial charge >= 0.3 is 0 Å². The molecule has 30 heavy (non-hydrogen) atoms. The van der Waals surface area contributed by atoms with Crippen LogP contribution in [0.25, 0.3) is 5.76 Å². The number of rotatable bonds is 5. The van der Waals surface area contributed by atoms with Gasteiger partial charge in [0.25, 0.3) is 11.7 Å². The van der Waals surface area contributed by atoms with Gasteiger partial charge in [-0.1, -0.05) is 43.3 Å². The molecule has 1 fully saturated rings. The number of phenols is 1. The molecule has 1 saturated heterocycles. The second kappa shape index (κ2) is 7.91. The maximum Gasteiger partial charge on any atom is 0.296 e. The summed E-state index contributed by atoms with van der Waals surface area (Å²) >= 11 is 0. The van der Waals surface area contributed by atoms with Crippen LogP contribution in [0.15, 0.2) is 76.9 Å². The van der Waals surface area contributed by atoms with Crippen molar-refractivity contribution in [1.29, 1.82) is 0 Å². The number of nitrogens with zero attached hydrogens (tertiary/aromatic N) is 1. The van der Waals surface area contributed by atoms with Crippen LogP contribution in [-0.4, -0.2) is 26.8 Å². The molecule has 0 radical (unpaired) electrons. The summed E-state index contributed by atoms with van der Waals surface area (Å²) in [5.74, 6) is -1.10. The summed E-state index contributed by atoms with van der Waals surface area (Å²) in [6, 6.07) is 16.1. The maximum atomic E-state index is 12.9. The Morgan fingerprint density at radius 1 is 1.03 bits per heavy atom. The van der Waals surface area contributed by atoms with Crippen LogP contribution in [0, 0.1) is 0 Å². The summed E-state index contributed by atoms with van der Waals surface area (Å²) in [5, 5.41) is 20.7. The Kier molecular flexibility index (Phi) is 5.14. The van der Waals surface area contributed by atoms with Gasteiger partial charge < -0.3 is 19.5 Å². The van der Waals surface area contributed by atoms with Crippen molar-refractivity contribution in [3.8, 4) is 5.75 Å². The summed E-state index contributed by atoms with van der Waals surface area (Å²) in [6.45, 7) is 2.11. The molecule has 0 spiro atoms. The highest BCUT2D eigenvalue weighted by Crippen LogP contribution is 2.40. The van der Waals surface area contributed by atoms with Gasteiger partial charge in [-0.05, 0) is 41.8 Å². The fourth-order valence-corrected chi connectivity index (χ4v) is 3.67. The average molecular weight is 403 g/mol. The minimum absolute atomic E-state index is 0.0153. The van der Waals surface area contributed by atoms with Crippen molar-refractivity contribution in [1.82, 2.24) is 4.90 Å². The largest absolute Gasteiger partial charge is 0.508 e. The first-order chi connectivity index (χ1) is 14.5. The summed E-state index contributed by atoms with van der Waals surface area (Å²) in [6.07, 6.45) is 2.35. The lowest BCUT2D eigenvalue weighted by Crippen LogP contribution is -2.29. The highest BCUT2D eigenvalue weighted by Gasteiger charge is 2.46. The Morgan fingerprint density at radius 2 is 1.73 bits per heavy atom. The van der Waals surface area contributed by atoms with Crippen LogP contribution in [0.5, 0.6) is 5.75 Å². The monoisotopic (exact) mass is 403 g/mol. The number of aliphatic hydroxyl groups is 1. The van der Waals surface area contributed by atoms with Crippen LogP contribution in [0.3, 0.4) is 0 Å². The molecule has 2 aromatic carbocycles. The first kappa shape index (κ1) is 19.5. The molecular weight excluding hydrogens is 382 g/mol. The van der Waals surface area contributed by atoms with Crippen molar-refractivity contribution >= 4 is 17.4 Å². The van der Waals surface area contributed by atoms with Gasteiger partial charge in [0.15, 0.2) is 0 Å². The van der Waals surface area contributed by atoms with Crippen molar-refractivity contribution in [2.75, 3.05) is 0 Å². The lowest BCUT2D eigenvalue weighted by atomic mass is 9.95. The van der Waals surface area contributed by atoms with E-state index >= 15 is 0 Å². The smallest absolute Gasteiger partial charge is 0.296 e. The summed E-state index contributed by atoms with van der Waals surface area (Å²) < 4.78 is 5.36. The molecule has 4 rings (SSSR count). The van der Waals surface area contributed by atoms with Gasteiger partial charge in [0.1, 0.15) is 17.3 Å². The van der Waals surface area contributed by atoms with Crippen LogP contribution in [0.4, 0.5) is 0 Å². The van der Waals surface area contributed by atoms with E-state index in [1.54, 1.807) is 36.4 Å². The number of aromatic hydroxyl groups is 1. The first-order valence-corrected chi connectivity index (χ1v) is 9.68. The van der Waals surface area contributed by atoms with E-state index in [1.165, 1.54) is 23.3 Å². The normalized spacial score (nSPS) is 18.2. The Hall–Kier alpha value is -3.80. The van der Waals surface area contributed by atoms with E-state index in [1.807, 2.05) is 19.1 Å². The van der Waals surface area contributed by atoms with Crippen LogP contribution >= 0.6 is 0 Å². The number of aryl methyl sites for hydroxylation is 1. The third-order valence-electron chi connectivity index (χ3n) is 5.29. The van der Waals surface area contributed by atoms with Crippen molar-refractivity contribution in [3.05, 3.63) is 95.0 Å². The molecule has 1 unspecified atom stereocenters. The maximum absolute atomic E-state index is 12.9. The second-order valence-corrected chi connectivity index (χ2v) is 7.15. The number of benzene rings is 2. The molecule has 1 atom stereocenters. The summed E-state index contributed by atoms with van der Waals surface area (Å²) in [5.41, 5.74) is 2.18. The molecule has 0 aliphatic carbocycles. The van der Waals surface area contributed by atoms with Gasteiger partial charge in [-0.25, -0.2) is 0 Å². The number of aliphatic hydroxyl groups excluding tert-OH is 1. The third kappa shape index (κ3) is 3.48. The van der Waals surface area contributed by atoms with E-state index in [2.05, 4.69) is 0 Å². The molecular formula is C24H21NO5. The molecule has 1 aliphatic rings. The number of phenolic OH excluding ortho intramolecular Hbond substituents is 1. The van der Waals surface area contributed by atoms with E-state index in [0.29, 0.717) is 16.9 Å². The number of carbonyl (C=O) groups excluding carboxylic acids is 2. The molecule has 3 aromatic rings. The standard InChI is InChI=1S/C24H21NO5/c1-2-15-5-7-17(8-6-15)22(27)20-21(16-9-11-18(26)12-10-16)25(24(29)23(20)28)14-19-4-3-13-30-19/h3-13,21,26-27H,2,14H2,1H3/b22-20-. The second-order valence-electron chi connectivity index (χ2n) is 7.15. The van der Waals surface area contributed by atoms with E-state index in [-0.39, 0.29) is 23.6 Å². The number of hydrogen-bond acceptors (Lipinski definition) is 5. The molecule has 1 amide bonds. The lowest BCUT2D eigenvalue weighted by molar-refractivity contribution is -0.140. The average Bonchev–Trinajstić information content (AvgIpc) is 3.36. The Morgan fingerprint density at radius 3 is 2.33 bits per heavy atom. The fraction of sp³-hybridized carbons (Fsp3) is 0.167. The number of hydrogen-bond donors (Lipinski definition) is 2. The number of ketones is 1. The minimum atomic E-state index is -0.804. The molecule has 6 heteroatoms. The van der Waals surface area contributed by atoms with Crippen molar-refractivity contribution in [2.45, 2.75) is 25.9 Å². The quantitative estimate of drug-likeness (QED) is 0.379. The topological polar surface area (TPSA) is 91.0 Å². The minimum Gasteiger partial charge on any atom is -0.508 e. The lowest BCUT2D eigenvalue weighted by Gasteiger charge is -2.24. The number of amides is 1. The number of furan rings is 1. The predicted molar refractivity (Wildman–Crippen MR) is 110 cm³/mol. The fourth-order valence-electron chi connectivity index (χ4n) is 3.67. The van der Waals surface area contributed by atoms with Gasteiger partial charge in [0, 0.05) is 5.56 Å². The van der Waals surface area contributed by atoms with Crippen molar-refractivity contribution in [3.63, 3.8) is 0 Å². The molecule has 6 nitrogen and oxygen atoms in total. The number of carbonyl (C=O) groups is 2. The van der Waals surface area contributed by atoms with Crippen LogP contribution in [0.2, 0.25) is 0 Å². The highest BCUT2D eigenvalue weighted by atomic mass is 16.3. The zero-order valence-corrected chi connectivity index (χ0v) is 16.4. The Balaban J connectivity index is 1.84. The van der Waals surface area contributed by atoms with Gasteiger partial charge in [0.2, 0.25) is 0 Å². The van der Waals surface area contributed by atoms with E-state index < -0.39 is 17.7 Å². The molecule has 2 N–H and O–H groups in total. The third-order valence-corrected chi connectivity index (χ3v) is 5.29. The van der Waals surface area contributed by atoms with Crippen molar-refractivity contribution in [2.24, 2.45) is 0 Å². The molecule has 1 aromatic heterocycles. The van der Waals surface area contributed by atoms with Crippen LogP contribution in [-0.2, 0) is 22.6 Å². The first-order valence-electron chi connectivity index (χ1n) is 9.68. The number of Topliss-reactive ketones (excluding diaryl/α,β-unsaturated/α-hetero) is 1.